The molecule has 164 valence electrons. The molecule has 5 aromatic carbocycles. The second-order valence-electron chi connectivity index (χ2n) is 10.4. The molecule has 0 bridgehead atoms. The summed E-state index contributed by atoms with van der Waals surface area (Å²) in [7, 11) is 0. The summed E-state index contributed by atoms with van der Waals surface area (Å²) in [5.41, 5.74) is 19.0. The van der Waals surface area contributed by atoms with E-state index in [4.69, 9.17) is 0 Å². The van der Waals surface area contributed by atoms with Crippen LogP contribution in [0.2, 0.25) is 0 Å². The topological polar surface area (TPSA) is 3.24 Å². The minimum Gasteiger partial charge on any atom is -0.309 e. The summed E-state index contributed by atoms with van der Waals surface area (Å²) in [6.45, 7) is 0. The molecule has 5 aromatic rings. The first kappa shape index (κ1) is 18.3. The average Bonchev–Trinajstić information content (AvgIpc) is 2.92. The van der Waals surface area contributed by atoms with Gasteiger partial charge in [0.1, 0.15) is 0 Å². The molecule has 0 saturated heterocycles. The molecule has 2 aliphatic carbocycles. The lowest BCUT2D eigenvalue weighted by Gasteiger charge is -2.49. The Morgan fingerprint density at radius 2 is 0.886 bits per heavy atom. The van der Waals surface area contributed by atoms with Gasteiger partial charge in [0.25, 0.3) is 0 Å². The molecule has 35 heavy (non-hydrogen) atoms. The van der Waals surface area contributed by atoms with Crippen molar-refractivity contribution < 1.29 is 0 Å². The molecule has 0 fully saturated rings. The van der Waals surface area contributed by atoms with E-state index in [2.05, 4.69) is 108 Å². The third kappa shape index (κ3) is 2.16. The minimum absolute atomic E-state index is 0.297. The Hall–Kier alpha value is -4.10. The third-order valence-electron chi connectivity index (χ3n) is 8.82. The Labute approximate surface area is 205 Å². The van der Waals surface area contributed by atoms with Crippen LogP contribution in [0.3, 0.4) is 0 Å². The maximum absolute atomic E-state index is 2.61. The fourth-order valence-corrected chi connectivity index (χ4v) is 7.55. The van der Waals surface area contributed by atoms with E-state index in [-0.39, 0.29) is 0 Å². The summed E-state index contributed by atoms with van der Waals surface area (Å²) < 4.78 is 0. The molecule has 1 heteroatoms. The summed E-state index contributed by atoms with van der Waals surface area (Å²) in [6, 6.07) is 39.1. The quantitative estimate of drug-likeness (QED) is 0.229. The molecule has 2 heterocycles. The van der Waals surface area contributed by atoms with Crippen molar-refractivity contribution in [3.8, 4) is 0 Å². The summed E-state index contributed by atoms with van der Waals surface area (Å²) in [5, 5.41) is 0. The Balaban J connectivity index is 1.47. The van der Waals surface area contributed by atoms with Crippen molar-refractivity contribution >= 4 is 17.1 Å². The second kappa shape index (κ2) is 6.31. The number of para-hydroxylation sites is 2. The van der Waals surface area contributed by atoms with Crippen molar-refractivity contribution in [2.45, 2.75) is 24.7 Å². The van der Waals surface area contributed by atoms with Crippen molar-refractivity contribution in [2.75, 3.05) is 4.90 Å². The minimum atomic E-state index is 0.297. The largest absolute Gasteiger partial charge is 0.309 e. The molecule has 0 saturated carbocycles. The Kier molecular flexibility index (Phi) is 3.29. The van der Waals surface area contributed by atoms with E-state index in [1.165, 1.54) is 61.6 Å². The molecule has 0 spiro atoms. The molecule has 9 rings (SSSR count). The van der Waals surface area contributed by atoms with E-state index < -0.39 is 0 Å². The molecular formula is C34H23N. The Morgan fingerprint density at radius 1 is 0.457 bits per heavy atom. The molecule has 2 aliphatic heterocycles. The van der Waals surface area contributed by atoms with Crippen LogP contribution in [0, 0.1) is 0 Å². The molecule has 0 amide bonds. The normalized spacial score (nSPS) is 19.1. The molecule has 0 radical (unpaired) electrons. The molecule has 4 aliphatic rings. The number of benzene rings is 5. The van der Waals surface area contributed by atoms with Gasteiger partial charge in [0.05, 0.1) is 17.1 Å². The number of fused-ring (bicyclic) bond motifs is 10. The highest BCUT2D eigenvalue weighted by Gasteiger charge is 2.45. The van der Waals surface area contributed by atoms with E-state index in [9.17, 15) is 0 Å². The maximum Gasteiger partial charge on any atom is 0.0550 e. The van der Waals surface area contributed by atoms with Gasteiger partial charge in [0.2, 0.25) is 0 Å². The summed E-state index contributed by atoms with van der Waals surface area (Å²) >= 11 is 0. The van der Waals surface area contributed by atoms with Crippen LogP contribution in [0.5, 0.6) is 0 Å². The predicted molar refractivity (Wildman–Crippen MR) is 142 cm³/mol. The summed E-state index contributed by atoms with van der Waals surface area (Å²) in [5.74, 6) is 0.594. The molecule has 1 nitrogen and oxygen atoms in total. The third-order valence-corrected chi connectivity index (χ3v) is 8.82. The number of anilines is 3. The van der Waals surface area contributed by atoms with Crippen molar-refractivity contribution in [2.24, 2.45) is 0 Å². The number of rotatable bonds is 0. The van der Waals surface area contributed by atoms with Gasteiger partial charge in [-0.2, -0.15) is 0 Å². The maximum atomic E-state index is 2.61. The van der Waals surface area contributed by atoms with E-state index >= 15 is 0 Å². The molecule has 2 atom stereocenters. The molecule has 2 unspecified atom stereocenters. The fourth-order valence-electron chi connectivity index (χ4n) is 7.55. The molecular weight excluding hydrogens is 422 g/mol. The van der Waals surface area contributed by atoms with Gasteiger partial charge in [-0.05, 0) is 80.6 Å². The van der Waals surface area contributed by atoms with Crippen molar-refractivity contribution in [1.29, 1.82) is 0 Å². The van der Waals surface area contributed by atoms with Gasteiger partial charge in [-0.25, -0.2) is 0 Å². The first-order chi connectivity index (χ1) is 17.4. The van der Waals surface area contributed by atoms with Crippen LogP contribution in [0.4, 0.5) is 17.1 Å². The summed E-state index contributed by atoms with van der Waals surface area (Å²) in [4.78, 5) is 2.61. The van der Waals surface area contributed by atoms with Gasteiger partial charge in [-0.1, -0.05) is 91.0 Å². The van der Waals surface area contributed by atoms with Gasteiger partial charge >= 0.3 is 0 Å². The van der Waals surface area contributed by atoms with Gasteiger partial charge in [0.15, 0.2) is 0 Å². The van der Waals surface area contributed by atoms with Crippen LogP contribution in [0.15, 0.2) is 103 Å². The lowest BCUT2D eigenvalue weighted by atomic mass is 9.64. The van der Waals surface area contributed by atoms with Crippen LogP contribution in [0.25, 0.3) is 0 Å². The summed E-state index contributed by atoms with van der Waals surface area (Å²) in [6.07, 6.45) is 2.04. The lowest BCUT2D eigenvalue weighted by Crippen LogP contribution is -2.33. The zero-order chi connectivity index (χ0) is 22.7. The highest BCUT2D eigenvalue weighted by atomic mass is 15.2. The van der Waals surface area contributed by atoms with E-state index in [1.807, 2.05) is 0 Å². The monoisotopic (exact) mass is 445 g/mol. The predicted octanol–water partition coefficient (Wildman–Crippen LogP) is 7.95. The number of hydrogen-bond donors (Lipinski definition) is 0. The highest BCUT2D eigenvalue weighted by molar-refractivity contribution is 5.95. The number of hydrogen-bond acceptors (Lipinski definition) is 1. The zero-order valence-electron chi connectivity index (χ0n) is 19.3. The lowest BCUT2D eigenvalue weighted by molar-refractivity contribution is 0.804. The molecule has 0 N–H and O–H groups in total. The van der Waals surface area contributed by atoms with Crippen LogP contribution in [-0.4, -0.2) is 0 Å². The van der Waals surface area contributed by atoms with Gasteiger partial charge in [-0.15, -0.1) is 0 Å². The van der Waals surface area contributed by atoms with Crippen LogP contribution in [0.1, 0.15) is 67.5 Å². The van der Waals surface area contributed by atoms with Crippen molar-refractivity contribution in [1.82, 2.24) is 0 Å². The number of nitrogens with zero attached hydrogens (tertiary/aromatic N) is 1. The fraction of sp³-hybridized carbons (Fsp3) is 0.118. The van der Waals surface area contributed by atoms with Gasteiger partial charge in [-0.3, -0.25) is 0 Å². The second-order valence-corrected chi connectivity index (χ2v) is 10.4. The van der Waals surface area contributed by atoms with Crippen molar-refractivity contribution in [3.05, 3.63) is 159 Å². The van der Waals surface area contributed by atoms with E-state index in [0.717, 1.165) is 12.8 Å². The van der Waals surface area contributed by atoms with Crippen LogP contribution < -0.4 is 4.90 Å². The van der Waals surface area contributed by atoms with Crippen molar-refractivity contribution in [3.63, 3.8) is 0 Å². The van der Waals surface area contributed by atoms with E-state index in [1.54, 1.807) is 11.1 Å². The standard InChI is InChI=1S/C34H23N/c1-3-11-24-20(9-1)17-22-19-23-18-21-10-2-4-12-25(21)33-27-14-6-8-16-29(27)35-28-15-7-5-13-26(28)32(24)30(22)34(35)31(23)33/h1-16,19,32-33H,17-18H2. The highest BCUT2D eigenvalue weighted by Crippen LogP contribution is 2.63. The van der Waals surface area contributed by atoms with Crippen LogP contribution >= 0.6 is 0 Å². The van der Waals surface area contributed by atoms with E-state index in [0.29, 0.717) is 11.8 Å². The van der Waals surface area contributed by atoms with Gasteiger partial charge < -0.3 is 4.90 Å². The Morgan fingerprint density at radius 3 is 1.40 bits per heavy atom. The first-order valence-corrected chi connectivity index (χ1v) is 12.7. The zero-order valence-corrected chi connectivity index (χ0v) is 19.3. The average molecular weight is 446 g/mol. The SMILES string of the molecule is c1ccc2c(c1)Cc1cc3c4c5c1C2c1ccccc1N5c1ccccc1C4c1ccccc1C3. The Bertz CT molecular complexity index is 1600. The first-order valence-electron chi connectivity index (χ1n) is 12.7. The van der Waals surface area contributed by atoms with Gasteiger partial charge in [0, 0.05) is 11.8 Å². The molecule has 0 aromatic heterocycles. The smallest absolute Gasteiger partial charge is 0.0550 e. The van der Waals surface area contributed by atoms with Crippen LogP contribution in [-0.2, 0) is 12.8 Å².